The molecule has 152 valence electrons. The van der Waals surface area contributed by atoms with E-state index in [0.717, 1.165) is 41.8 Å². The quantitative estimate of drug-likeness (QED) is 0.718. The molecule has 0 bridgehead atoms. The molecule has 3 aromatic heterocycles. The lowest BCUT2D eigenvalue weighted by Crippen LogP contribution is -2.39. The Morgan fingerprint density at radius 2 is 2.07 bits per heavy atom. The van der Waals surface area contributed by atoms with E-state index in [-0.39, 0.29) is 23.2 Å². The summed E-state index contributed by atoms with van der Waals surface area (Å²) in [6, 6.07) is 3.82. The average Bonchev–Trinajstić information content (AvgIpc) is 3.04. The van der Waals surface area contributed by atoms with Gasteiger partial charge in [0.15, 0.2) is 5.65 Å². The van der Waals surface area contributed by atoms with Crippen LogP contribution in [-0.4, -0.2) is 48.6 Å². The summed E-state index contributed by atoms with van der Waals surface area (Å²) < 4.78 is 1.78. The number of likely N-dealkylation sites (tertiary alicyclic amines) is 1. The zero-order valence-corrected chi connectivity index (χ0v) is 17.4. The second kappa shape index (κ2) is 7.09. The van der Waals surface area contributed by atoms with Crippen molar-refractivity contribution in [1.29, 1.82) is 0 Å². The van der Waals surface area contributed by atoms with Crippen molar-refractivity contribution in [3.63, 3.8) is 0 Å². The lowest BCUT2D eigenvalue weighted by Gasteiger charge is -2.32. The van der Waals surface area contributed by atoms with Crippen molar-refractivity contribution in [3.05, 3.63) is 41.5 Å². The molecule has 1 saturated heterocycles. The number of nitrogens with two attached hydrogens (primary N) is 1. The molecule has 1 aliphatic heterocycles. The molecule has 1 unspecified atom stereocenters. The molecule has 4 heterocycles. The second-order valence-corrected chi connectivity index (χ2v) is 8.75. The highest BCUT2D eigenvalue weighted by Crippen LogP contribution is 2.30. The molecule has 0 aromatic carbocycles. The van der Waals surface area contributed by atoms with Gasteiger partial charge in [-0.2, -0.15) is 5.10 Å². The van der Waals surface area contributed by atoms with Gasteiger partial charge in [0.2, 0.25) is 5.95 Å². The van der Waals surface area contributed by atoms with E-state index in [2.05, 4.69) is 40.8 Å². The maximum absolute atomic E-state index is 13.3. The molecule has 0 spiro atoms. The third kappa shape index (κ3) is 3.66. The van der Waals surface area contributed by atoms with E-state index in [4.69, 9.17) is 5.73 Å². The fourth-order valence-corrected chi connectivity index (χ4v) is 4.01. The molecule has 1 aliphatic rings. The Kier molecular flexibility index (Phi) is 4.72. The van der Waals surface area contributed by atoms with Crippen LogP contribution in [0.4, 0.5) is 5.95 Å². The molecule has 0 aliphatic carbocycles. The Morgan fingerprint density at radius 1 is 1.28 bits per heavy atom. The zero-order chi connectivity index (χ0) is 20.8. The third-order valence-electron chi connectivity index (χ3n) is 5.46. The van der Waals surface area contributed by atoms with Crippen LogP contribution in [0, 0.1) is 0 Å². The number of nitrogens with zero attached hydrogens (tertiary/aromatic N) is 6. The lowest BCUT2D eigenvalue weighted by atomic mass is 9.90. The SMILES string of the molecule is Cn1nc(C(C)(C)C)c2cc(C(=O)N3CCCC(c4ccnc(N)n4)C3)cnc21. The van der Waals surface area contributed by atoms with Gasteiger partial charge in [0.05, 0.1) is 17.0 Å². The van der Waals surface area contributed by atoms with Gasteiger partial charge in [0.1, 0.15) is 0 Å². The number of aryl methyl sites for hydroxylation is 1. The minimum atomic E-state index is -0.133. The number of pyridine rings is 1. The molecule has 29 heavy (non-hydrogen) atoms. The van der Waals surface area contributed by atoms with Crippen LogP contribution >= 0.6 is 0 Å². The largest absolute Gasteiger partial charge is 0.368 e. The van der Waals surface area contributed by atoms with Crippen LogP contribution in [0.15, 0.2) is 24.5 Å². The molecular weight excluding hydrogens is 366 g/mol. The van der Waals surface area contributed by atoms with Crippen molar-refractivity contribution >= 4 is 22.9 Å². The Labute approximate surface area is 170 Å². The lowest BCUT2D eigenvalue weighted by molar-refractivity contribution is 0.0705. The fraction of sp³-hybridized carbons (Fsp3) is 0.476. The van der Waals surface area contributed by atoms with E-state index >= 15 is 0 Å². The molecule has 2 N–H and O–H groups in total. The number of amides is 1. The first-order chi connectivity index (χ1) is 13.7. The highest BCUT2D eigenvalue weighted by Gasteiger charge is 2.28. The van der Waals surface area contributed by atoms with Gasteiger partial charge in [0.25, 0.3) is 5.91 Å². The number of carbonyl (C=O) groups is 1. The third-order valence-corrected chi connectivity index (χ3v) is 5.46. The number of aromatic nitrogens is 5. The molecule has 1 fully saturated rings. The van der Waals surface area contributed by atoms with Crippen LogP contribution in [0.3, 0.4) is 0 Å². The maximum Gasteiger partial charge on any atom is 0.255 e. The summed E-state index contributed by atoms with van der Waals surface area (Å²) in [5.74, 6) is 0.431. The number of anilines is 1. The molecule has 0 radical (unpaired) electrons. The molecule has 1 atom stereocenters. The summed E-state index contributed by atoms with van der Waals surface area (Å²) in [5, 5.41) is 5.57. The number of fused-ring (bicyclic) bond motifs is 1. The predicted molar refractivity (Wildman–Crippen MR) is 112 cm³/mol. The minimum Gasteiger partial charge on any atom is -0.368 e. The number of hydrogen-bond donors (Lipinski definition) is 1. The molecule has 1 amide bonds. The van der Waals surface area contributed by atoms with Gasteiger partial charge in [-0.05, 0) is 25.0 Å². The maximum atomic E-state index is 13.3. The smallest absolute Gasteiger partial charge is 0.255 e. The molecule has 4 rings (SSSR count). The van der Waals surface area contributed by atoms with E-state index in [1.165, 1.54) is 0 Å². The molecule has 3 aromatic rings. The van der Waals surface area contributed by atoms with E-state index in [1.807, 2.05) is 24.1 Å². The number of piperidine rings is 1. The van der Waals surface area contributed by atoms with Crippen molar-refractivity contribution in [2.24, 2.45) is 7.05 Å². The number of carbonyl (C=O) groups excluding carboxylic acids is 1. The van der Waals surface area contributed by atoms with E-state index in [1.54, 1.807) is 17.1 Å². The van der Waals surface area contributed by atoms with Crippen molar-refractivity contribution in [2.45, 2.75) is 44.9 Å². The topological polar surface area (TPSA) is 103 Å². The monoisotopic (exact) mass is 393 g/mol. The Bertz CT molecular complexity index is 1070. The minimum absolute atomic E-state index is 0.00478. The van der Waals surface area contributed by atoms with E-state index < -0.39 is 0 Å². The summed E-state index contributed by atoms with van der Waals surface area (Å²) in [6.45, 7) is 7.70. The highest BCUT2D eigenvalue weighted by molar-refractivity contribution is 5.97. The van der Waals surface area contributed by atoms with Crippen molar-refractivity contribution in [3.8, 4) is 0 Å². The van der Waals surface area contributed by atoms with Crippen molar-refractivity contribution < 1.29 is 4.79 Å². The standard InChI is InChI=1S/C21H27N7O/c1-21(2,3)17-15-10-14(11-24-18(15)27(4)26-17)19(29)28-9-5-6-13(12-28)16-7-8-23-20(22)25-16/h7-8,10-11,13H,5-6,9,12H2,1-4H3,(H2,22,23,25). The van der Waals surface area contributed by atoms with Crippen LogP contribution < -0.4 is 5.73 Å². The van der Waals surface area contributed by atoms with Gasteiger partial charge in [-0.25, -0.2) is 15.0 Å². The Balaban J connectivity index is 1.63. The summed E-state index contributed by atoms with van der Waals surface area (Å²) in [6.07, 6.45) is 5.24. The van der Waals surface area contributed by atoms with Crippen molar-refractivity contribution in [1.82, 2.24) is 29.6 Å². The van der Waals surface area contributed by atoms with Gasteiger partial charge in [0, 0.05) is 49.2 Å². The molecule has 8 nitrogen and oxygen atoms in total. The summed E-state index contributed by atoms with van der Waals surface area (Å²) in [4.78, 5) is 28.0. The first-order valence-electron chi connectivity index (χ1n) is 9.95. The van der Waals surface area contributed by atoms with Crippen LogP contribution in [0.2, 0.25) is 0 Å². The average molecular weight is 393 g/mol. The van der Waals surface area contributed by atoms with Crippen molar-refractivity contribution in [2.75, 3.05) is 18.8 Å². The summed E-state index contributed by atoms with van der Waals surface area (Å²) in [7, 11) is 1.88. The van der Waals surface area contributed by atoms with E-state index in [0.29, 0.717) is 12.1 Å². The Hall–Kier alpha value is -3.03. The van der Waals surface area contributed by atoms with Gasteiger partial charge in [-0.3, -0.25) is 9.48 Å². The normalized spacial score (nSPS) is 17.7. The molecule has 0 saturated carbocycles. The second-order valence-electron chi connectivity index (χ2n) is 8.75. The van der Waals surface area contributed by atoms with E-state index in [9.17, 15) is 4.79 Å². The van der Waals surface area contributed by atoms with Gasteiger partial charge >= 0.3 is 0 Å². The number of rotatable bonds is 2. The first kappa shape index (κ1) is 19.3. The predicted octanol–water partition coefficient (Wildman–Crippen LogP) is 2.66. The van der Waals surface area contributed by atoms with Gasteiger partial charge in [-0.1, -0.05) is 20.8 Å². The first-order valence-corrected chi connectivity index (χ1v) is 9.95. The number of nitrogen functional groups attached to an aromatic ring is 1. The van der Waals surface area contributed by atoms with Crippen LogP contribution in [0.5, 0.6) is 0 Å². The van der Waals surface area contributed by atoms with Gasteiger partial charge < -0.3 is 10.6 Å². The van der Waals surface area contributed by atoms with Gasteiger partial charge in [-0.15, -0.1) is 0 Å². The highest BCUT2D eigenvalue weighted by atomic mass is 16.2. The number of hydrogen-bond acceptors (Lipinski definition) is 6. The molecule has 8 heteroatoms. The zero-order valence-electron chi connectivity index (χ0n) is 17.4. The van der Waals surface area contributed by atoms with Crippen LogP contribution in [0.25, 0.3) is 11.0 Å². The summed E-state index contributed by atoms with van der Waals surface area (Å²) in [5.41, 5.74) is 8.83. The fourth-order valence-electron chi connectivity index (χ4n) is 4.01. The Morgan fingerprint density at radius 3 is 2.79 bits per heavy atom. The van der Waals surface area contributed by atoms with Crippen LogP contribution in [0.1, 0.15) is 61.3 Å². The molecular formula is C21H27N7O. The van der Waals surface area contributed by atoms with Crippen LogP contribution in [-0.2, 0) is 12.5 Å². The summed E-state index contributed by atoms with van der Waals surface area (Å²) >= 11 is 0.